The van der Waals surface area contributed by atoms with Crippen LogP contribution in [-0.4, -0.2) is 0 Å². The second-order valence-electron chi connectivity index (χ2n) is 11.0. The van der Waals surface area contributed by atoms with Gasteiger partial charge in [0.15, 0.2) is 0 Å². The Balaban J connectivity index is 1.51. The summed E-state index contributed by atoms with van der Waals surface area (Å²) in [5.41, 5.74) is 14.8. The minimum Gasteiger partial charge on any atom is -0.0836 e. The van der Waals surface area contributed by atoms with Crippen molar-refractivity contribution in [3.8, 4) is 33.4 Å². The van der Waals surface area contributed by atoms with E-state index in [0.717, 1.165) is 12.8 Å². The number of hydrogen-bond donors (Lipinski definition) is 0. The summed E-state index contributed by atoms with van der Waals surface area (Å²) in [5, 5.41) is 5.23. The van der Waals surface area contributed by atoms with E-state index in [2.05, 4.69) is 136 Å². The summed E-state index contributed by atoms with van der Waals surface area (Å²) in [6.07, 6.45) is 6.85. The van der Waals surface area contributed by atoms with Crippen LogP contribution in [0.15, 0.2) is 109 Å². The molecule has 0 spiro atoms. The molecule has 0 saturated heterocycles. The predicted molar refractivity (Wildman–Crippen MR) is 169 cm³/mol. The van der Waals surface area contributed by atoms with Crippen LogP contribution in [-0.2, 0) is 6.42 Å². The van der Waals surface area contributed by atoms with Crippen molar-refractivity contribution in [2.45, 2.75) is 33.6 Å². The van der Waals surface area contributed by atoms with Gasteiger partial charge in [0.2, 0.25) is 0 Å². The Labute approximate surface area is 231 Å². The number of rotatable bonds is 3. The zero-order valence-electron chi connectivity index (χ0n) is 22.9. The highest BCUT2D eigenvalue weighted by Crippen LogP contribution is 2.45. The van der Waals surface area contributed by atoms with Gasteiger partial charge in [0, 0.05) is 0 Å². The van der Waals surface area contributed by atoms with Crippen LogP contribution in [0, 0.1) is 20.8 Å². The molecule has 0 radical (unpaired) electrons. The molecule has 6 aromatic rings. The fourth-order valence-corrected chi connectivity index (χ4v) is 6.84. The number of hydrogen-bond acceptors (Lipinski definition) is 0. The molecule has 188 valence electrons. The topological polar surface area (TPSA) is 0 Å². The minimum atomic E-state index is 1.05. The lowest BCUT2D eigenvalue weighted by atomic mass is 9.79. The molecule has 6 aromatic carbocycles. The van der Waals surface area contributed by atoms with Gasteiger partial charge in [-0.1, -0.05) is 109 Å². The van der Waals surface area contributed by atoms with Crippen molar-refractivity contribution in [2.24, 2.45) is 0 Å². The van der Waals surface area contributed by atoms with Crippen molar-refractivity contribution in [1.82, 2.24) is 0 Å². The van der Waals surface area contributed by atoms with Gasteiger partial charge in [-0.2, -0.15) is 0 Å². The summed E-state index contributed by atoms with van der Waals surface area (Å²) in [6.45, 7) is 6.66. The predicted octanol–water partition coefficient (Wildman–Crippen LogP) is 10.9. The van der Waals surface area contributed by atoms with Gasteiger partial charge >= 0.3 is 0 Å². The molecular weight excluding hydrogens is 468 g/mol. The van der Waals surface area contributed by atoms with E-state index in [-0.39, 0.29) is 0 Å². The van der Waals surface area contributed by atoms with Crippen LogP contribution in [0.1, 0.15) is 34.2 Å². The SMILES string of the molecule is Cc1cc(C)c(-c2cccc(-c3c4c(c(-c5ccc6ccccc6c5)c5ccccc35)C=CCC4)c2)c(C)c1. The maximum Gasteiger partial charge on any atom is -0.00295 e. The molecule has 0 bridgehead atoms. The molecular formula is C39H32. The van der Waals surface area contributed by atoms with E-state index in [1.165, 1.54) is 82.7 Å². The van der Waals surface area contributed by atoms with Crippen molar-refractivity contribution in [3.63, 3.8) is 0 Å². The van der Waals surface area contributed by atoms with Crippen LogP contribution in [0.2, 0.25) is 0 Å². The molecule has 0 aromatic heterocycles. The largest absolute Gasteiger partial charge is 0.0836 e. The summed E-state index contributed by atoms with van der Waals surface area (Å²) < 4.78 is 0. The van der Waals surface area contributed by atoms with Gasteiger partial charge in [-0.05, 0) is 123 Å². The Kier molecular flexibility index (Phi) is 5.71. The van der Waals surface area contributed by atoms with E-state index in [1.807, 2.05) is 0 Å². The van der Waals surface area contributed by atoms with Crippen molar-refractivity contribution in [2.75, 3.05) is 0 Å². The van der Waals surface area contributed by atoms with E-state index in [4.69, 9.17) is 0 Å². The van der Waals surface area contributed by atoms with Crippen LogP contribution in [0.5, 0.6) is 0 Å². The van der Waals surface area contributed by atoms with Crippen molar-refractivity contribution in [1.29, 1.82) is 0 Å². The van der Waals surface area contributed by atoms with Gasteiger partial charge in [0.25, 0.3) is 0 Å². The summed E-state index contributed by atoms with van der Waals surface area (Å²) >= 11 is 0. The number of fused-ring (bicyclic) bond motifs is 3. The van der Waals surface area contributed by atoms with Crippen LogP contribution < -0.4 is 0 Å². The Morgan fingerprint density at radius 1 is 0.513 bits per heavy atom. The highest BCUT2D eigenvalue weighted by atomic mass is 14.3. The summed E-state index contributed by atoms with van der Waals surface area (Å²) in [7, 11) is 0. The van der Waals surface area contributed by atoms with Crippen molar-refractivity contribution < 1.29 is 0 Å². The summed E-state index contributed by atoms with van der Waals surface area (Å²) in [5.74, 6) is 0. The maximum atomic E-state index is 2.42. The van der Waals surface area contributed by atoms with E-state index in [1.54, 1.807) is 0 Å². The molecule has 0 unspecified atom stereocenters. The first-order valence-electron chi connectivity index (χ1n) is 14.0. The Morgan fingerprint density at radius 3 is 1.92 bits per heavy atom. The number of benzene rings is 6. The lowest BCUT2D eigenvalue weighted by Gasteiger charge is -2.24. The molecule has 0 nitrogen and oxygen atoms in total. The van der Waals surface area contributed by atoms with E-state index in [9.17, 15) is 0 Å². The Hall–Kier alpha value is -4.42. The second-order valence-corrected chi connectivity index (χ2v) is 11.0. The van der Waals surface area contributed by atoms with Gasteiger partial charge in [0.05, 0.1) is 0 Å². The van der Waals surface area contributed by atoms with Gasteiger partial charge < -0.3 is 0 Å². The molecule has 0 saturated carbocycles. The molecule has 7 rings (SSSR count). The van der Waals surface area contributed by atoms with Crippen LogP contribution in [0.4, 0.5) is 0 Å². The highest BCUT2D eigenvalue weighted by molar-refractivity contribution is 6.11. The number of aryl methyl sites for hydroxylation is 3. The third-order valence-electron chi connectivity index (χ3n) is 8.36. The van der Waals surface area contributed by atoms with E-state index in [0.29, 0.717) is 0 Å². The zero-order valence-corrected chi connectivity index (χ0v) is 22.9. The minimum absolute atomic E-state index is 1.05. The van der Waals surface area contributed by atoms with Gasteiger partial charge in [-0.3, -0.25) is 0 Å². The summed E-state index contributed by atoms with van der Waals surface area (Å²) in [6, 6.07) is 38.4. The smallest absolute Gasteiger partial charge is 0.00295 e. The first-order chi connectivity index (χ1) is 19.1. The molecule has 0 heteroatoms. The molecule has 0 N–H and O–H groups in total. The van der Waals surface area contributed by atoms with E-state index >= 15 is 0 Å². The van der Waals surface area contributed by atoms with Crippen LogP contribution in [0.25, 0.3) is 61.0 Å². The Morgan fingerprint density at radius 2 is 1.15 bits per heavy atom. The number of allylic oxidation sites excluding steroid dienone is 1. The maximum absolute atomic E-state index is 2.42. The highest BCUT2D eigenvalue weighted by Gasteiger charge is 2.22. The van der Waals surface area contributed by atoms with Gasteiger partial charge in [0.1, 0.15) is 0 Å². The molecule has 0 fully saturated rings. The molecule has 0 heterocycles. The second kappa shape index (κ2) is 9.40. The lowest BCUT2D eigenvalue weighted by molar-refractivity contribution is 0.991. The zero-order chi connectivity index (χ0) is 26.5. The Bertz CT molecular complexity index is 1910. The standard InChI is InChI=1S/C39H32/c1-25-21-26(2)37(27(3)22-25)30-13-10-14-31(24-30)38-33-15-6-8-17-35(33)39(36-18-9-7-16-34(36)38)32-20-19-28-11-4-5-12-29(28)23-32/h4-6,8-15,17-24H,7,16H2,1-3H3. The molecule has 39 heavy (non-hydrogen) atoms. The van der Waals surface area contributed by atoms with Crippen molar-refractivity contribution >= 4 is 27.6 Å². The molecule has 0 amide bonds. The first kappa shape index (κ1) is 23.7. The molecule has 0 atom stereocenters. The third kappa shape index (κ3) is 3.99. The third-order valence-corrected chi connectivity index (χ3v) is 8.36. The van der Waals surface area contributed by atoms with Crippen molar-refractivity contribution in [3.05, 3.63) is 137 Å². The van der Waals surface area contributed by atoms with Gasteiger partial charge in [-0.25, -0.2) is 0 Å². The average molecular weight is 501 g/mol. The monoisotopic (exact) mass is 500 g/mol. The summed E-state index contributed by atoms with van der Waals surface area (Å²) in [4.78, 5) is 0. The lowest BCUT2D eigenvalue weighted by Crippen LogP contribution is -2.02. The fraction of sp³-hybridized carbons (Fsp3) is 0.128. The average Bonchev–Trinajstić information content (AvgIpc) is 2.95. The van der Waals surface area contributed by atoms with E-state index < -0.39 is 0 Å². The fourth-order valence-electron chi connectivity index (χ4n) is 6.84. The van der Waals surface area contributed by atoms with Gasteiger partial charge in [-0.15, -0.1) is 0 Å². The molecule has 1 aliphatic rings. The first-order valence-corrected chi connectivity index (χ1v) is 14.0. The molecule has 0 aliphatic heterocycles. The quantitative estimate of drug-likeness (QED) is 0.227. The normalized spacial score (nSPS) is 12.7. The molecule has 1 aliphatic carbocycles. The van der Waals surface area contributed by atoms with Crippen LogP contribution in [0.3, 0.4) is 0 Å². The van der Waals surface area contributed by atoms with Crippen LogP contribution >= 0.6 is 0 Å².